The van der Waals surface area contributed by atoms with Gasteiger partial charge >= 0.3 is 0 Å². The van der Waals surface area contributed by atoms with E-state index in [9.17, 15) is 0 Å². The van der Waals surface area contributed by atoms with Crippen molar-refractivity contribution in [3.05, 3.63) is 54.1 Å². The van der Waals surface area contributed by atoms with E-state index >= 15 is 0 Å². The highest BCUT2D eigenvalue weighted by molar-refractivity contribution is 5.51. The Balaban J connectivity index is 2.06. The number of nitrogens with zero attached hydrogens (tertiary/aromatic N) is 2. The zero-order chi connectivity index (χ0) is 12.8. The van der Waals surface area contributed by atoms with E-state index in [0.29, 0.717) is 0 Å². The lowest BCUT2D eigenvalue weighted by atomic mass is 10.2. The summed E-state index contributed by atoms with van der Waals surface area (Å²) in [6.07, 6.45) is 0. The second kappa shape index (κ2) is 5.96. The Labute approximate surface area is 108 Å². The molecular weight excluding hydrogens is 222 g/mol. The number of anilines is 1. The predicted molar refractivity (Wildman–Crippen MR) is 76.0 cm³/mol. The molecule has 0 bridgehead atoms. The number of hydrogen-bond donors (Lipinski definition) is 1. The minimum absolute atomic E-state index is 0.859. The van der Waals surface area contributed by atoms with Crippen LogP contribution in [0.3, 0.4) is 0 Å². The van der Waals surface area contributed by atoms with Gasteiger partial charge in [0, 0.05) is 12.2 Å². The van der Waals surface area contributed by atoms with Gasteiger partial charge in [0.05, 0.1) is 11.4 Å². The van der Waals surface area contributed by atoms with Gasteiger partial charge in [-0.25, -0.2) is 0 Å². The van der Waals surface area contributed by atoms with Crippen LogP contribution in [0.4, 0.5) is 17.1 Å². The minimum Gasteiger partial charge on any atom is -0.385 e. The van der Waals surface area contributed by atoms with E-state index in [0.717, 1.165) is 23.6 Å². The van der Waals surface area contributed by atoms with Crippen molar-refractivity contribution < 1.29 is 0 Å². The Morgan fingerprint density at radius 1 is 0.833 bits per heavy atom. The Kier molecular flexibility index (Phi) is 4.07. The van der Waals surface area contributed by atoms with Gasteiger partial charge in [0.1, 0.15) is 0 Å². The molecule has 2 aromatic carbocycles. The lowest BCUT2D eigenvalue weighted by Crippen LogP contribution is -1.94. The third-order valence-electron chi connectivity index (χ3n) is 2.56. The molecule has 0 unspecified atom stereocenters. The zero-order valence-corrected chi connectivity index (χ0v) is 10.7. The molecule has 3 nitrogen and oxygen atoms in total. The van der Waals surface area contributed by atoms with Crippen LogP contribution >= 0.6 is 0 Å². The molecule has 0 saturated heterocycles. The van der Waals surface area contributed by atoms with Crippen molar-refractivity contribution in [2.24, 2.45) is 10.2 Å². The molecule has 0 aliphatic heterocycles. The number of hydrogen-bond acceptors (Lipinski definition) is 3. The summed E-state index contributed by atoms with van der Waals surface area (Å²) < 4.78 is 0. The maximum Gasteiger partial charge on any atom is 0.0858 e. The Morgan fingerprint density at radius 2 is 1.33 bits per heavy atom. The highest BCUT2D eigenvalue weighted by atomic mass is 15.1. The van der Waals surface area contributed by atoms with Crippen LogP contribution in [-0.4, -0.2) is 6.54 Å². The highest BCUT2D eigenvalue weighted by Gasteiger charge is 1.92. The lowest BCUT2D eigenvalue weighted by Gasteiger charge is -2.01. The topological polar surface area (TPSA) is 36.8 Å². The van der Waals surface area contributed by atoms with Crippen LogP contribution in [0.15, 0.2) is 58.8 Å². The van der Waals surface area contributed by atoms with Crippen molar-refractivity contribution in [3.63, 3.8) is 0 Å². The van der Waals surface area contributed by atoms with Gasteiger partial charge in [-0.1, -0.05) is 17.7 Å². The van der Waals surface area contributed by atoms with Crippen molar-refractivity contribution in [1.82, 2.24) is 0 Å². The van der Waals surface area contributed by atoms with Gasteiger partial charge in [-0.15, -0.1) is 0 Å². The maximum atomic E-state index is 4.20. The van der Waals surface area contributed by atoms with Crippen LogP contribution in [0, 0.1) is 6.92 Å². The summed E-state index contributed by atoms with van der Waals surface area (Å²) in [7, 11) is 0. The van der Waals surface area contributed by atoms with Gasteiger partial charge in [0.25, 0.3) is 0 Å². The monoisotopic (exact) mass is 239 g/mol. The van der Waals surface area contributed by atoms with Crippen molar-refractivity contribution >= 4 is 17.1 Å². The summed E-state index contributed by atoms with van der Waals surface area (Å²) in [6, 6.07) is 15.9. The molecule has 0 spiro atoms. The predicted octanol–water partition coefficient (Wildman–Crippen LogP) is 4.84. The standard InChI is InChI=1S/C15H17N3/c1-3-16-13-8-10-15(11-9-13)18-17-14-6-4-12(2)5-7-14/h4-11,16H,3H2,1-2H3. The third-order valence-corrected chi connectivity index (χ3v) is 2.56. The van der Waals surface area contributed by atoms with Crippen LogP contribution in [0.25, 0.3) is 0 Å². The van der Waals surface area contributed by atoms with E-state index in [-0.39, 0.29) is 0 Å². The summed E-state index contributed by atoms with van der Waals surface area (Å²) in [5, 5.41) is 11.6. The summed E-state index contributed by atoms with van der Waals surface area (Å²) in [4.78, 5) is 0. The van der Waals surface area contributed by atoms with Crippen LogP contribution in [0.2, 0.25) is 0 Å². The first-order valence-electron chi connectivity index (χ1n) is 6.10. The third kappa shape index (κ3) is 3.42. The molecule has 2 aromatic rings. The highest BCUT2D eigenvalue weighted by Crippen LogP contribution is 2.20. The molecule has 0 aliphatic carbocycles. The normalized spacial score (nSPS) is 10.8. The molecule has 0 heterocycles. The Bertz CT molecular complexity index is 512. The van der Waals surface area contributed by atoms with Crippen molar-refractivity contribution in [3.8, 4) is 0 Å². The molecule has 2 rings (SSSR count). The van der Waals surface area contributed by atoms with Crippen LogP contribution in [-0.2, 0) is 0 Å². The van der Waals surface area contributed by atoms with Crippen LogP contribution < -0.4 is 5.32 Å². The van der Waals surface area contributed by atoms with E-state index < -0.39 is 0 Å². The molecule has 1 N–H and O–H groups in total. The van der Waals surface area contributed by atoms with Gasteiger partial charge in [0.2, 0.25) is 0 Å². The van der Waals surface area contributed by atoms with E-state index in [1.807, 2.05) is 48.5 Å². The van der Waals surface area contributed by atoms with Gasteiger partial charge in [-0.05, 0) is 50.2 Å². The van der Waals surface area contributed by atoms with Crippen LogP contribution in [0.1, 0.15) is 12.5 Å². The Hall–Kier alpha value is -2.16. The van der Waals surface area contributed by atoms with E-state index in [1.165, 1.54) is 5.56 Å². The van der Waals surface area contributed by atoms with Crippen LogP contribution in [0.5, 0.6) is 0 Å². The molecule has 0 amide bonds. The minimum atomic E-state index is 0.859. The fourth-order valence-electron chi connectivity index (χ4n) is 1.58. The first-order chi connectivity index (χ1) is 8.78. The molecule has 3 heteroatoms. The maximum absolute atomic E-state index is 4.20. The fraction of sp³-hybridized carbons (Fsp3) is 0.200. The van der Waals surface area contributed by atoms with Crippen molar-refractivity contribution in [1.29, 1.82) is 0 Å². The number of nitrogens with one attached hydrogen (secondary N) is 1. The molecule has 0 aromatic heterocycles. The number of rotatable bonds is 4. The number of azo groups is 1. The second-order valence-corrected chi connectivity index (χ2v) is 4.11. The lowest BCUT2D eigenvalue weighted by molar-refractivity contribution is 1.20. The SMILES string of the molecule is CCNc1ccc(N=Nc2ccc(C)cc2)cc1. The van der Waals surface area contributed by atoms with Gasteiger partial charge in [-0.3, -0.25) is 0 Å². The van der Waals surface area contributed by atoms with Gasteiger partial charge < -0.3 is 5.32 Å². The fourth-order valence-corrected chi connectivity index (χ4v) is 1.58. The molecule has 0 atom stereocenters. The van der Waals surface area contributed by atoms with Crippen molar-refractivity contribution in [2.45, 2.75) is 13.8 Å². The molecule has 92 valence electrons. The molecule has 0 aliphatic rings. The largest absolute Gasteiger partial charge is 0.385 e. The van der Waals surface area contributed by atoms with E-state index in [1.54, 1.807) is 0 Å². The summed E-state index contributed by atoms with van der Waals surface area (Å²) in [5.41, 5.74) is 4.06. The number of aryl methyl sites for hydroxylation is 1. The molecule has 0 fully saturated rings. The molecule has 0 saturated carbocycles. The van der Waals surface area contributed by atoms with Gasteiger partial charge in [-0.2, -0.15) is 10.2 Å². The smallest absolute Gasteiger partial charge is 0.0858 e. The summed E-state index contributed by atoms with van der Waals surface area (Å²) in [5.74, 6) is 0. The average molecular weight is 239 g/mol. The van der Waals surface area contributed by atoms with Crippen molar-refractivity contribution in [2.75, 3.05) is 11.9 Å². The molecule has 0 radical (unpaired) electrons. The average Bonchev–Trinajstić information content (AvgIpc) is 2.40. The van der Waals surface area contributed by atoms with E-state index in [2.05, 4.69) is 29.4 Å². The summed E-state index contributed by atoms with van der Waals surface area (Å²) >= 11 is 0. The quantitative estimate of drug-likeness (QED) is 0.761. The second-order valence-electron chi connectivity index (χ2n) is 4.11. The van der Waals surface area contributed by atoms with Gasteiger partial charge in [0.15, 0.2) is 0 Å². The molecular formula is C15H17N3. The summed E-state index contributed by atoms with van der Waals surface area (Å²) in [6.45, 7) is 5.05. The zero-order valence-electron chi connectivity index (χ0n) is 10.7. The first-order valence-corrected chi connectivity index (χ1v) is 6.10. The Morgan fingerprint density at radius 3 is 1.83 bits per heavy atom. The first kappa shape index (κ1) is 12.3. The number of benzene rings is 2. The molecule has 18 heavy (non-hydrogen) atoms. The van der Waals surface area contributed by atoms with E-state index in [4.69, 9.17) is 0 Å².